The van der Waals surface area contributed by atoms with Crippen molar-refractivity contribution in [1.29, 1.82) is 5.26 Å². The Morgan fingerprint density at radius 3 is 2.76 bits per heavy atom. The third kappa shape index (κ3) is 3.39. The van der Waals surface area contributed by atoms with Crippen LogP contribution in [0.25, 0.3) is 10.1 Å². The summed E-state index contributed by atoms with van der Waals surface area (Å²) in [6.45, 7) is 3.63. The number of aromatic nitrogens is 4. The molecule has 3 aromatic heterocycles. The Hall–Kier alpha value is -3.12. The summed E-state index contributed by atoms with van der Waals surface area (Å²) in [5, 5.41) is 16.6. The molecule has 0 aliphatic heterocycles. The van der Waals surface area contributed by atoms with Gasteiger partial charge in [-0.15, -0.1) is 11.3 Å². The van der Waals surface area contributed by atoms with Gasteiger partial charge in [-0.05, 0) is 18.1 Å². The molecule has 3 aromatic rings. The minimum Gasteiger partial charge on any atom is -0.293 e. The number of nitrogens with zero attached hydrogens (tertiary/aromatic N) is 5. The summed E-state index contributed by atoms with van der Waals surface area (Å²) < 4.78 is 1.55. The monoisotopic (exact) mass is 354 g/mol. The first-order valence-corrected chi connectivity index (χ1v) is 8.32. The van der Waals surface area contributed by atoms with Crippen LogP contribution in [0.5, 0.6) is 0 Å². The summed E-state index contributed by atoms with van der Waals surface area (Å²) in [5.41, 5.74) is 0.283. The molecule has 9 heteroatoms. The molecule has 0 fully saturated rings. The van der Waals surface area contributed by atoms with E-state index >= 15 is 0 Å². The fraction of sp³-hybridized carbons (Fsp3) is 0.250. The van der Waals surface area contributed by atoms with Gasteiger partial charge >= 0.3 is 0 Å². The summed E-state index contributed by atoms with van der Waals surface area (Å²) >= 11 is 1.11. The van der Waals surface area contributed by atoms with Crippen molar-refractivity contribution in [2.24, 2.45) is 0 Å². The maximum Gasteiger partial charge on any atom is 0.285 e. The number of rotatable bonds is 4. The van der Waals surface area contributed by atoms with Crippen LogP contribution in [-0.2, 0) is 11.3 Å². The van der Waals surface area contributed by atoms with Crippen LogP contribution < -0.4 is 10.9 Å². The Morgan fingerprint density at radius 2 is 2.12 bits per heavy atom. The predicted molar refractivity (Wildman–Crippen MR) is 93.3 cm³/mol. The van der Waals surface area contributed by atoms with Gasteiger partial charge in [0.1, 0.15) is 22.2 Å². The third-order valence-electron chi connectivity index (χ3n) is 3.43. The second kappa shape index (κ2) is 6.78. The topological polar surface area (TPSA) is 114 Å². The maximum absolute atomic E-state index is 12.6. The molecule has 25 heavy (non-hydrogen) atoms. The summed E-state index contributed by atoms with van der Waals surface area (Å²) in [4.78, 5) is 33.0. The van der Waals surface area contributed by atoms with Crippen molar-refractivity contribution >= 4 is 33.3 Å². The molecule has 0 bridgehead atoms. The van der Waals surface area contributed by atoms with E-state index in [0.29, 0.717) is 20.7 Å². The van der Waals surface area contributed by atoms with Gasteiger partial charge in [-0.2, -0.15) is 10.4 Å². The smallest absolute Gasteiger partial charge is 0.285 e. The van der Waals surface area contributed by atoms with E-state index in [9.17, 15) is 9.59 Å². The quantitative estimate of drug-likeness (QED) is 0.765. The first-order chi connectivity index (χ1) is 12.0. The number of hydrogen-bond acceptors (Lipinski definition) is 7. The Balaban J connectivity index is 1.99. The minimum absolute atomic E-state index is 0.0380. The minimum atomic E-state index is -0.452. The van der Waals surface area contributed by atoms with Crippen molar-refractivity contribution in [3.8, 4) is 6.07 Å². The average Bonchev–Trinajstić information content (AvgIpc) is 3.02. The number of carbonyl (C=O) groups is 1. The van der Waals surface area contributed by atoms with Gasteiger partial charge in [-0.1, -0.05) is 13.8 Å². The predicted octanol–water partition coefficient (Wildman–Crippen LogP) is 1.88. The van der Waals surface area contributed by atoms with Crippen LogP contribution in [0.1, 0.15) is 30.3 Å². The fourth-order valence-corrected chi connectivity index (χ4v) is 3.25. The lowest BCUT2D eigenvalue weighted by Gasteiger charge is -2.11. The Kier molecular flexibility index (Phi) is 4.54. The SMILES string of the molecule is CC(C)c1nn(CC(=O)Nc2ncccn2)c(=O)c2sc(C#N)cc12. The number of hydrogen-bond donors (Lipinski definition) is 1. The van der Waals surface area contributed by atoms with Crippen molar-refractivity contribution in [2.45, 2.75) is 26.3 Å². The zero-order chi connectivity index (χ0) is 18.0. The Bertz CT molecular complexity index is 1030. The molecule has 0 radical (unpaired) electrons. The summed E-state index contributed by atoms with van der Waals surface area (Å²) in [7, 11) is 0. The van der Waals surface area contributed by atoms with Gasteiger partial charge in [0.25, 0.3) is 5.56 Å². The molecule has 0 saturated heterocycles. The summed E-state index contributed by atoms with van der Waals surface area (Å²) in [6, 6.07) is 5.36. The zero-order valence-electron chi connectivity index (χ0n) is 13.6. The molecule has 8 nitrogen and oxygen atoms in total. The largest absolute Gasteiger partial charge is 0.293 e. The Labute approximate surface area is 146 Å². The van der Waals surface area contributed by atoms with E-state index in [2.05, 4.69) is 20.4 Å². The number of anilines is 1. The molecule has 126 valence electrons. The number of nitrogens with one attached hydrogen (secondary N) is 1. The highest BCUT2D eigenvalue weighted by molar-refractivity contribution is 7.19. The number of thiophene rings is 1. The fourth-order valence-electron chi connectivity index (χ4n) is 2.34. The lowest BCUT2D eigenvalue weighted by molar-refractivity contribution is -0.117. The Morgan fingerprint density at radius 1 is 1.40 bits per heavy atom. The highest BCUT2D eigenvalue weighted by Gasteiger charge is 2.18. The van der Waals surface area contributed by atoms with Gasteiger partial charge in [-0.3, -0.25) is 14.9 Å². The second-order valence-corrected chi connectivity index (χ2v) is 6.64. The van der Waals surface area contributed by atoms with Gasteiger partial charge in [-0.25, -0.2) is 14.6 Å². The van der Waals surface area contributed by atoms with Gasteiger partial charge in [0.05, 0.1) is 5.69 Å². The van der Waals surface area contributed by atoms with Crippen LogP contribution >= 0.6 is 11.3 Å². The van der Waals surface area contributed by atoms with E-state index in [4.69, 9.17) is 5.26 Å². The van der Waals surface area contributed by atoms with Gasteiger partial charge in [0.2, 0.25) is 11.9 Å². The molecule has 0 aliphatic carbocycles. The van der Waals surface area contributed by atoms with Gasteiger partial charge < -0.3 is 0 Å². The van der Waals surface area contributed by atoms with Gasteiger partial charge in [0.15, 0.2) is 0 Å². The van der Waals surface area contributed by atoms with Gasteiger partial charge in [0, 0.05) is 17.8 Å². The van der Waals surface area contributed by atoms with Crippen LogP contribution in [0, 0.1) is 11.3 Å². The first-order valence-electron chi connectivity index (χ1n) is 7.51. The molecule has 1 N–H and O–H groups in total. The highest BCUT2D eigenvalue weighted by atomic mass is 32.1. The zero-order valence-corrected chi connectivity index (χ0v) is 14.4. The number of nitriles is 1. The number of carbonyl (C=O) groups excluding carboxylic acids is 1. The second-order valence-electron chi connectivity index (χ2n) is 5.59. The molecule has 0 aliphatic rings. The normalized spacial score (nSPS) is 10.8. The van der Waals surface area contributed by atoms with E-state index in [1.165, 1.54) is 12.4 Å². The van der Waals surface area contributed by atoms with Crippen LogP contribution in [-0.4, -0.2) is 25.7 Å². The van der Waals surface area contributed by atoms with Crippen molar-refractivity contribution in [3.05, 3.63) is 45.5 Å². The molecule has 3 rings (SSSR count). The molecule has 0 unspecified atom stereocenters. The maximum atomic E-state index is 12.6. The molecular formula is C16H14N6O2S. The molecule has 0 saturated carbocycles. The number of amides is 1. The molecule has 0 atom stereocenters. The number of fused-ring (bicyclic) bond motifs is 1. The summed E-state index contributed by atoms with van der Waals surface area (Å²) in [5.74, 6) is -0.253. The van der Waals surface area contributed by atoms with Crippen LogP contribution in [0.15, 0.2) is 29.3 Å². The van der Waals surface area contributed by atoms with Crippen molar-refractivity contribution in [1.82, 2.24) is 19.7 Å². The molecule has 0 spiro atoms. The summed E-state index contributed by atoms with van der Waals surface area (Å²) in [6.07, 6.45) is 3.01. The average molecular weight is 354 g/mol. The van der Waals surface area contributed by atoms with E-state index in [1.807, 2.05) is 19.9 Å². The van der Waals surface area contributed by atoms with Crippen LogP contribution in [0.3, 0.4) is 0 Å². The highest BCUT2D eigenvalue weighted by Crippen LogP contribution is 2.27. The standard InChI is InChI=1S/C16H14N6O2S/c1-9(2)13-11-6-10(7-17)25-14(11)15(24)22(21-13)8-12(23)20-16-18-4-3-5-19-16/h3-6,9H,8H2,1-2H3,(H,18,19,20,23). The molecular weight excluding hydrogens is 340 g/mol. The van der Waals surface area contributed by atoms with Crippen molar-refractivity contribution < 1.29 is 4.79 Å². The van der Waals surface area contributed by atoms with E-state index in [1.54, 1.807) is 12.1 Å². The van der Waals surface area contributed by atoms with E-state index in [-0.39, 0.29) is 18.4 Å². The molecule has 1 amide bonds. The lowest BCUT2D eigenvalue weighted by Crippen LogP contribution is -2.30. The lowest BCUT2D eigenvalue weighted by atomic mass is 10.1. The first kappa shape index (κ1) is 16.7. The van der Waals surface area contributed by atoms with E-state index in [0.717, 1.165) is 16.0 Å². The van der Waals surface area contributed by atoms with Crippen LogP contribution in [0.2, 0.25) is 0 Å². The third-order valence-corrected chi connectivity index (χ3v) is 4.46. The molecule has 0 aromatic carbocycles. The van der Waals surface area contributed by atoms with Crippen molar-refractivity contribution in [3.63, 3.8) is 0 Å². The van der Waals surface area contributed by atoms with Crippen molar-refractivity contribution in [2.75, 3.05) is 5.32 Å². The van der Waals surface area contributed by atoms with E-state index < -0.39 is 11.5 Å². The van der Waals surface area contributed by atoms with Crippen LogP contribution in [0.4, 0.5) is 5.95 Å². The molecule has 3 heterocycles.